The van der Waals surface area contributed by atoms with Gasteiger partial charge in [0, 0.05) is 50.6 Å². The Balaban J connectivity index is 1.53. The van der Waals surface area contributed by atoms with Gasteiger partial charge < -0.3 is 14.5 Å². The van der Waals surface area contributed by atoms with Crippen molar-refractivity contribution in [2.24, 2.45) is 0 Å². The molecule has 0 N–H and O–H groups in total. The van der Waals surface area contributed by atoms with Gasteiger partial charge in [-0.15, -0.1) is 0 Å². The number of anilines is 2. The molecule has 3 aliphatic rings. The highest BCUT2D eigenvalue weighted by Crippen LogP contribution is 2.37. The van der Waals surface area contributed by atoms with E-state index in [9.17, 15) is 14.9 Å². The fraction of sp³-hybridized carbons (Fsp3) is 0.467. The first-order chi connectivity index (χ1) is 19.4. The molecule has 4 heterocycles. The lowest BCUT2D eigenvalue weighted by Gasteiger charge is -2.39. The van der Waals surface area contributed by atoms with E-state index in [1.807, 2.05) is 31.2 Å². The molecule has 1 aromatic carbocycles. The fourth-order valence-electron chi connectivity index (χ4n) is 5.60. The SMILES string of the molecule is CCCCn1c(N2CCN(c3ccccc3)CC2)c(C=C2SC(=S)N(CC3CCCO3)C2=O)c(C)c(C#N)c1=O. The van der Waals surface area contributed by atoms with Crippen LogP contribution in [0.4, 0.5) is 11.5 Å². The van der Waals surface area contributed by atoms with Crippen molar-refractivity contribution >= 4 is 51.8 Å². The molecule has 3 aliphatic heterocycles. The van der Waals surface area contributed by atoms with Gasteiger partial charge >= 0.3 is 0 Å². The maximum atomic E-state index is 13.6. The number of unbranched alkanes of at least 4 members (excludes halogenated alkanes) is 1. The molecule has 10 heteroatoms. The monoisotopic (exact) mass is 577 g/mol. The van der Waals surface area contributed by atoms with Crippen LogP contribution in [0.2, 0.25) is 0 Å². The van der Waals surface area contributed by atoms with E-state index in [-0.39, 0.29) is 23.1 Å². The first-order valence-electron chi connectivity index (χ1n) is 14.0. The van der Waals surface area contributed by atoms with Crippen LogP contribution in [0.15, 0.2) is 40.0 Å². The Morgan fingerprint density at radius 3 is 2.52 bits per heavy atom. The van der Waals surface area contributed by atoms with Crippen molar-refractivity contribution in [3.63, 3.8) is 0 Å². The van der Waals surface area contributed by atoms with Crippen molar-refractivity contribution in [2.45, 2.75) is 52.2 Å². The van der Waals surface area contributed by atoms with Gasteiger partial charge in [-0.1, -0.05) is 55.5 Å². The summed E-state index contributed by atoms with van der Waals surface area (Å²) in [4.78, 5) is 33.9. The summed E-state index contributed by atoms with van der Waals surface area (Å²) < 4.78 is 8.03. The average Bonchev–Trinajstić information content (AvgIpc) is 3.58. The number of benzene rings is 1. The molecular formula is C30H35N5O3S2. The summed E-state index contributed by atoms with van der Waals surface area (Å²) in [5.41, 5.74) is 2.39. The van der Waals surface area contributed by atoms with Crippen molar-refractivity contribution in [3.8, 4) is 6.07 Å². The van der Waals surface area contributed by atoms with Crippen molar-refractivity contribution in [1.82, 2.24) is 9.47 Å². The van der Waals surface area contributed by atoms with E-state index < -0.39 is 0 Å². The Kier molecular flexibility index (Phi) is 8.94. The van der Waals surface area contributed by atoms with E-state index in [1.54, 1.807) is 9.47 Å². The number of piperazine rings is 1. The van der Waals surface area contributed by atoms with Gasteiger partial charge in [-0.05, 0) is 50.0 Å². The second kappa shape index (κ2) is 12.6. The van der Waals surface area contributed by atoms with Crippen LogP contribution in [0.25, 0.3) is 6.08 Å². The molecule has 5 rings (SSSR count). The van der Waals surface area contributed by atoms with Gasteiger partial charge in [0.05, 0.1) is 17.6 Å². The number of hydrogen-bond donors (Lipinski definition) is 0. The summed E-state index contributed by atoms with van der Waals surface area (Å²) in [5.74, 6) is 0.640. The molecule has 0 aliphatic carbocycles. The zero-order valence-electron chi connectivity index (χ0n) is 23.1. The number of aromatic nitrogens is 1. The van der Waals surface area contributed by atoms with Gasteiger partial charge in [0.1, 0.15) is 21.8 Å². The van der Waals surface area contributed by atoms with E-state index in [0.717, 1.165) is 50.2 Å². The number of carbonyl (C=O) groups is 1. The molecule has 0 spiro atoms. The standard InChI is InChI=1S/C30H35N5O3S2/c1-3-4-12-34-27(33-15-13-32(14-16-33)22-9-6-5-7-10-22)24(21(2)25(19-31)28(34)36)18-26-29(37)35(30(39)40-26)20-23-11-8-17-38-23/h5-7,9-10,18,23H,3-4,8,11-17,20H2,1-2H3. The summed E-state index contributed by atoms with van der Waals surface area (Å²) in [7, 11) is 0. The molecule has 0 radical (unpaired) electrons. The number of amides is 1. The number of ether oxygens (including phenoxy) is 1. The third-order valence-corrected chi connectivity index (χ3v) is 9.22. The predicted molar refractivity (Wildman–Crippen MR) is 165 cm³/mol. The first kappa shape index (κ1) is 28.4. The smallest absolute Gasteiger partial charge is 0.270 e. The van der Waals surface area contributed by atoms with Crippen LogP contribution < -0.4 is 15.4 Å². The largest absolute Gasteiger partial charge is 0.376 e. The van der Waals surface area contributed by atoms with Crippen LogP contribution in [-0.4, -0.2) is 65.1 Å². The van der Waals surface area contributed by atoms with Crippen molar-refractivity contribution < 1.29 is 9.53 Å². The quantitative estimate of drug-likeness (QED) is 0.334. The summed E-state index contributed by atoms with van der Waals surface area (Å²) in [6, 6.07) is 12.5. The Morgan fingerprint density at radius 1 is 1.15 bits per heavy atom. The Hall–Kier alpha value is -3.13. The molecule has 1 atom stereocenters. The predicted octanol–water partition coefficient (Wildman–Crippen LogP) is 4.54. The molecule has 2 aromatic rings. The third kappa shape index (κ3) is 5.69. The zero-order chi connectivity index (χ0) is 28.2. The van der Waals surface area contributed by atoms with E-state index in [2.05, 4.69) is 34.9 Å². The maximum Gasteiger partial charge on any atom is 0.270 e. The minimum absolute atomic E-state index is 0.00111. The Labute approximate surface area is 245 Å². The number of thiocarbonyl (C=S) groups is 1. The second-order valence-corrected chi connectivity index (χ2v) is 12.1. The maximum absolute atomic E-state index is 13.6. The summed E-state index contributed by atoms with van der Waals surface area (Å²) >= 11 is 6.88. The lowest BCUT2D eigenvalue weighted by atomic mass is 10.0. The number of pyridine rings is 1. The number of nitriles is 1. The van der Waals surface area contributed by atoms with E-state index >= 15 is 0 Å². The molecule has 1 unspecified atom stereocenters. The Bertz CT molecular complexity index is 1400. The molecule has 1 aromatic heterocycles. The number of carbonyl (C=O) groups excluding carboxylic acids is 1. The number of rotatable bonds is 8. The van der Waals surface area contributed by atoms with Gasteiger partial charge in [0.15, 0.2) is 0 Å². The highest BCUT2D eigenvalue weighted by Gasteiger charge is 2.35. The average molecular weight is 578 g/mol. The molecule has 40 heavy (non-hydrogen) atoms. The minimum atomic E-state index is -0.267. The fourth-order valence-corrected chi connectivity index (χ4v) is 6.86. The van der Waals surface area contributed by atoms with Gasteiger partial charge in [-0.3, -0.25) is 19.1 Å². The summed E-state index contributed by atoms with van der Waals surface area (Å²) in [6.45, 7) is 8.61. The van der Waals surface area contributed by atoms with E-state index in [4.69, 9.17) is 17.0 Å². The van der Waals surface area contributed by atoms with E-state index in [0.29, 0.717) is 47.6 Å². The number of para-hydroxylation sites is 1. The summed E-state index contributed by atoms with van der Waals surface area (Å²) in [6.07, 6.45) is 5.50. The second-order valence-electron chi connectivity index (χ2n) is 10.4. The van der Waals surface area contributed by atoms with Gasteiger partial charge in [0.2, 0.25) is 0 Å². The van der Waals surface area contributed by atoms with Gasteiger partial charge in [-0.25, -0.2) is 0 Å². The number of nitrogens with zero attached hydrogens (tertiary/aromatic N) is 5. The molecule has 3 fully saturated rings. The van der Waals surface area contributed by atoms with Crippen LogP contribution >= 0.6 is 24.0 Å². The zero-order valence-corrected chi connectivity index (χ0v) is 24.7. The first-order valence-corrected chi connectivity index (χ1v) is 15.2. The molecule has 0 saturated carbocycles. The lowest BCUT2D eigenvalue weighted by Crippen LogP contribution is -2.48. The van der Waals surface area contributed by atoms with Crippen LogP contribution in [0.5, 0.6) is 0 Å². The summed E-state index contributed by atoms with van der Waals surface area (Å²) in [5, 5.41) is 9.97. The molecule has 0 bridgehead atoms. The van der Waals surface area contributed by atoms with Crippen LogP contribution in [0.3, 0.4) is 0 Å². The molecule has 3 saturated heterocycles. The van der Waals surface area contributed by atoms with Gasteiger partial charge in [-0.2, -0.15) is 5.26 Å². The normalized spacial score (nSPS) is 20.6. The Morgan fingerprint density at radius 2 is 1.88 bits per heavy atom. The highest BCUT2D eigenvalue weighted by molar-refractivity contribution is 8.26. The lowest BCUT2D eigenvalue weighted by molar-refractivity contribution is -0.123. The van der Waals surface area contributed by atoms with E-state index in [1.165, 1.54) is 17.4 Å². The van der Waals surface area contributed by atoms with Crippen molar-refractivity contribution in [3.05, 3.63) is 62.3 Å². The molecular weight excluding hydrogens is 542 g/mol. The topological polar surface area (TPSA) is 81.8 Å². The molecule has 210 valence electrons. The third-order valence-electron chi connectivity index (χ3n) is 7.84. The number of thioether (sulfide) groups is 1. The minimum Gasteiger partial charge on any atom is -0.376 e. The van der Waals surface area contributed by atoms with Crippen molar-refractivity contribution in [1.29, 1.82) is 5.26 Å². The molecule has 1 amide bonds. The van der Waals surface area contributed by atoms with Crippen LogP contribution in [-0.2, 0) is 16.1 Å². The highest BCUT2D eigenvalue weighted by atomic mass is 32.2. The van der Waals surface area contributed by atoms with Crippen molar-refractivity contribution in [2.75, 3.05) is 49.1 Å². The number of hydrogen-bond acceptors (Lipinski definition) is 8. The van der Waals surface area contributed by atoms with Crippen LogP contribution in [0, 0.1) is 18.3 Å². The van der Waals surface area contributed by atoms with Crippen LogP contribution in [0.1, 0.15) is 49.3 Å². The molecule has 8 nitrogen and oxygen atoms in total. The van der Waals surface area contributed by atoms with Gasteiger partial charge in [0.25, 0.3) is 11.5 Å².